The summed E-state index contributed by atoms with van der Waals surface area (Å²) in [6.07, 6.45) is 1.66. The SMILES string of the molecule is Cc1cccc(NC(=O)c2ccc(S(=O)(=O)N3CCCc4ccccc43)cc2)c1. The first kappa shape index (κ1) is 19.2. The molecule has 3 aromatic rings. The number of carbonyl (C=O) groups excluding carboxylic acids is 1. The number of sulfonamides is 1. The smallest absolute Gasteiger partial charge is 0.264 e. The van der Waals surface area contributed by atoms with Gasteiger partial charge >= 0.3 is 0 Å². The lowest BCUT2D eigenvalue weighted by molar-refractivity contribution is 0.102. The van der Waals surface area contributed by atoms with E-state index >= 15 is 0 Å². The summed E-state index contributed by atoms with van der Waals surface area (Å²) in [4.78, 5) is 12.7. The maximum atomic E-state index is 13.2. The van der Waals surface area contributed by atoms with Crippen LogP contribution in [0.25, 0.3) is 0 Å². The van der Waals surface area contributed by atoms with Crippen molar-refractivity contribution in [1.82, 2.24) is 0 Å². The zero-order chi connectivity index (χ0) is 20.4. The topological polar surface area (TPSA) is 66.5 Å². The van der Waals surface area contributed by atoms with Crippen molar-refractivity contribution in [3.8, 4) is 0 Å². The molecule has 148 valence electrons. The number of para-hydroxylation sites is 1. The first-order valence-electron chi connectivity index (χ1n) is 9.54. The molecule has 3 aromatic carbocycles. The number of amides is 1. The average Bonchev–Trinajstić information content (AvgIpc) is 2.73. The predicted molar refractivity (Wildman–Crippen MR) is 115 cm³/mol. The van der Waals surface area contributed by atoms with Gasteiger partial charge in [0.1, 0.15) is 0 Å². The van der Waals surface area contributed by atoms with Gasteiger partial charge in [-0.25, -0.2) is 8.42 Å². The molecule has 0 atom stereocenters. The van der Waals surface area contributed by atoms with E-state index in [1.807, 2.05) is 55.5 Å². The number of benzene rings is 3. The Labute approximate surface area is 171 Å². The van der Waals surface area contributed by atoms with Crippen molar-refractivity contribution in [1.29, 1.82) is 0 Å². The molecule has 0 aromatic heterocycles. The van der Waals surface area contributed by atoms with Gasteiger partial charge < -0.3 is 5.32 Å². The third-order valence-corrected chi connectivity index (χ3v) is 6.88. The van der Waals surface area contributed by atoms with E-state index in [1.165, 1.54) is 16.4 Å². The number of nitrogens with zero attached hydrogens (tertiary/aromatic N) is 1. The molecule has 1 amide bonds. The van der Waals surface area contributed by atoms with Gasteiger partial charge in [0, 0.05) is 17.8 Å². The summed E-state index contributed by atoms with van der Waals surface area (Å²) in [5, 5.41) is 2.83. The van der Waals surface area contributed by atoms with Crippen molar-refractivity contribution in [2.24, 2.45) is 0 Å². The molecule has 0 bridgehead atoms. The zero-order valence-electron chi connectivity index (χ0n) is 16.1. The lowest BCUT2D eigenvalue weighted by atomic mass is 10.0. The third-order valence-electron chi connectivity index (χ3n) is 5.05. The maximum Gasteiger partial charge on any atom is 0.264 e. The number of hydrogen-bond donors (Lipinski definition) is 1. The molecule has 0 unspecified atom stereocenters. The Hall–Kier alpha value is -3.12. The summed E-state index contributed by atoms with van der Waals surface area (Å²) in [6, 6.07) is 21.2. The van der Waals surface area contributed by atoms with Gasteiger partial charge in [-0.3, -0.25) is 9.10 Å². The predicted octanol–water partition coefficient (Wildman–Crippen LogP) is 4.39. The lowest BCUT2D eigenvalue weighted by Gasteiger charge is -2.30. The van der Waals surface area contributed by atoms with E-state index in [0.717, 1.165) is 29.7 Å². The summed E-state index contributed by atoms with van der Waals surface area (Å²) in [5.41, 5.74) is 3.93. The fourth-order valence-electron chi connectivity index (χ4n) is 3.58. The molecule has 0 saturated carbocycles. The highest BCUT2D eigenvalue weighted by Gasteiger charge is 2.28. The van der Waals surface area contributed by atoms with Gasteiger partial charge in [0.05, 0.1) is 10.6 Å². The van der Waals surface area contributed by atoms with Crippen molar-refractivity contribution in [2.45, 2.75) is 24.7 Å². The summed E-state index contributed by atoms with van der Waals surface area (Å²) < 4.78 is 27.8. The Kier molecular flexibility index (Phi) is 5.11. The summed E-state index contributed by atoms with van der Waals surface area (Å²) in [6.45, 7) is 2.41. The second-order valence-electron chi connectivity index (χ2n) is 7.16. The number of nitrogens with one attached hydrogen (secondary N) is 1. The minimum Gasteiger partial charge on any atom is -0.322 e. The molecule has 0 spiro atoms. The average molecular weight is 407 g/mol. The van der Waals surface area contributed by atoms with Crippen LogP contribution in [0.2, 0.25) is 0 Å². The van der Waals surface area contributed by atoms with E-state index in [0.29, 0.717) is 17.8 Å². The van der Waals surface area contributed by atoms with Crippen LogP contribution in [0.15, 0.2) is 77.7 Å². The van der Waals surface area contributed by atoms with Gasteiger partial charge in [0.2, 0.25) is 0 Å². The van der Waals surface area contributed by atoms with E-state index in [4.69, 9.17) is 0 Å². The molecule has 0 radical (unpaired) electrons. The minimum atomic E-state index is -3.68. The fraction of sp³-hybridized carbons (Fsp3) is 0.174. The lowest BCUT2D eigenvalue weighted by Crippen LogP contribution is -2.35. The van der Waals surface area contributed by atoms with Crippen molar-refractivity contribution in [3.05, 3.63) is 89.5 Å². The quantitative estimate of drug-likeness (QED) is 0.699. The molecule has 6 heteroatoms. The molecule has 29 heavy (non-hydrogen) atoms. The zero-order valence-corrected chi connectivity index (χ0v) is 16.9. The molecule has 1 aliphatic heterocycles. The van der Waals surface area contributed by atoms with E-state index in [1.54, 1.807) is 12.1 Å². The van der Waals surface area contributed by atoms with Crippen LogP contribution in [0.5, 0.6) is 0 Å². The highest BCUT2D eigenvalue weighted by molar-refractivity contribution is 7.92. The Morgan fingerprint density at radius 2 is 1.72 bits per heavy atom. The molecule has 4 rings (SSSR count). The molecule has 1 heterocycles. The number of anilines is 2. The Bertz CT molecular complexity index is 1150. The largest absolute Gasteiger partial charge is 0.322 e. The standard InChI is InChI=1S/C23H22N2O3S/c1-17-6-4-9-20(16-17)24-23(26)19-11-13-21(14-12-19)29(27,28)25-15-5-8-18-7-2-3-10-22(18)25/h2-4,6-7,9-14,16H,5,8,15H2,1H3,(H,24,26). The molecule has 0 aliphatic carbocycles. The third kappa shape index (κ3) is 3.89. The molecule has 0 saturated heterocycles. The summed E-state index contributed by atoms with van der Waals surface area (Å²) in [5.74, 6) is -0.275. The minimum absolute atomic E-state index is 0.182. The number of aryl methyl sites for hydroxylation is 2. The first-order chi connectivity index (χ1) is 13.9. The van der Waals surface area contributed by atoms with Gasteiger partial charge in [-0.05, 0) is 73.4 Å². The normalized spacial score (nSPS) is 13.6. The van der Waals surface area contributed by atoms with Crippen molar-refractivity contribution >= 4 is 27.3 Å². The Balaban J connectivity index is 1.57. The Morgan fingerprint density at radius 1 is 0.966 bits per heavy atom. The van der Waals surface area contributed by atoms with Crippen LogP contribution in [-0.4, -0.2) is 20.9 Å². The van der Waals surface area contributed by atoms with Crippen LogP contribution >= 0.6 is 0 Å². The molecule has 5 nitrogen and oxygen atoms in total. The van der Waals surface area contributed by atoms with Crippen LogP contribution in [0.3, 0.4) is 0 Å². The first-order valence-corrected chi connectivity index (χ1v) is 11.0. The Morgan fingerprint density at radius 3 is 2.48 bits per heavy atom. The van der Waals surface area contributed by atoms with Gasteiger partial charge in [-0.2, -0.15) is 0 Å². The van der Waals surface area contributed by atoms with Gasteiger partial charge in [-0.15, -0.1) is 0 Å². The number of rotatable bonds is 4. The molecular weight excluding hydrogens is 384 g/mol. The number of hydrogen-bond acceptors (Lipinski definition) is 3. The summed E-state index contributed by atoms with van der Waals surface area (Å²) >= 11 is 0. The maximum absolute atomic E-state index is 13.2. The second kappa shape index (κ2) is 7.72. The van der Waals surface area contributed by atoms with Gasteiger partial charge in [0.25, 0.3) is 15.9 Å². The van der Waals surface area contributed by atoms with E-state index < -0.39 is 10.0 Å². The van der Waals surface area contributed by atoms with Gasteiger partial charge in [-0.1, -0.05) is 30.3 Å². The fourth-order valence-corrected chi connectivity index (χ4v) is 5.12. The molecule has 0 fully saturated rings. The van der Waals surface area contributed by atoms with Gasteiger partial charge in [0.15, 0.2) is 0 Å². The highest BCUT2D eigenvalue weighted by Crippen LogP contribution is 2.31. The van der Waals surface area contributed by atoms with Crippen LogP contribution in [0, 0.1) is 6.92 Å². The van der Waals surface area contributed by atoms with Crippen LogP contribution in [-0.2, 0) is 16.4 Å². The number of fused-ring (bicyclic) bond motifs is 1. The van der Waals surface area contributed by atoms with E-state index in [2.05, 4.69) is 5.32 Å². The van der Waals surface area contributed by atoms with E-state index in [-0.39, 0.29) is 10.8 Å². The number of carbonyl (C=O) groups is 1. The van der Waals surface area contributed by atoms with Crippen molar-refractivity contribution in [3.63, 3.8) is 0 Å². The summed E-state index contributed by atoms with van der Waals surface area (Å²) in [7, 11) is -3.68. The van der Waals surface area contributed by atoms with Crippen LogP contribution < -0.4 is 9.62 Å². The van der Waals surface area contributed by atoms with Crippen molar-refractivity contribution < 1.29 is 13.2 Å². The highest BCUT2D eigenvalue weighted by atomic mass is 32.2. The molecular formula is C23H22N2O3S. The monoisotopic (exact) mass is 406 g/mol. The van der Waals surface area contributed by atoms with Crippen LogP contribution in [0.4, 0.5) is 11.4 Å². The molecule has 1 aliphatic rings. The van der Waals surface area contributed by atoms with Crippen LogP contribution in [0.1, 0.15) is 27.9 Å². The molecule has 1 N–H and O–H groups in total. The van der Waals surface area contributed by atoms with Crippen molar-refractivity contribution in [2.75, 3.05) is 16.2 Å². The second-order valence-corrected chi connectivity index (χ2v) is 9.02. The van der Waals surface area contributed by atoms with E-state index in [9.17, 15) is 13.2 Å².